The Morgan fingerprint density at radius 3 is 2.84 bits per heavy atom. The van der Waals surface area contributed by atoms with Crippen LogP contribution in [-0.4, -0.2) is 16.3 Å². The van der Waals surface area contributed by atoms with E-state index < -0.39 is 5.82 Å². The molecule has 2 aromatic rings. The van der Waals surface area contributed by atoms with Crippen molar-refractivity contribution in [3.8, 4) is 11.6 Å². The SMILES string of the molecule is Cc1nn(C)c(Oc2ccc(Br)cc2F)c1CCN. The molecular formula is C13H15BrFN3O. The van der Waals surface area contributed by atoms with E-state index in [4.69, 9.17) is 10.5 Å². The Bertz CT molecular complexity index is 598. The molecule has 1 heterocycles. The standard InChI is InChI=1S/C13H15BrFN3O/c1-8-10(5-6-16)13(18(2)17-8)19-12-4-3-9(14)7-11(12)15/h3-4,7H,5-6,16H2,1-2H3. The lowest BCUT2D eigenvalue weighted by atomic mass is 10.2. The highest BCUT2D eigenvalue weighted by molar-refractivity contribution is 9.10. The van der Waals surface area contributed by atoms with Crippen LogP contribution in [0.15, 0.2) is 22.7 Å². The maximum Gasteiger partial charge on any atom is 0.221 e. The van der Waals surface area contributed by atoms with Crippen LogP contribution in [0, 0.1) is 12.7 Å². The van der Waals surface area contributed by atoms with E-state index in [0.29, 0.717) is 23.3 Å². The summed E-state index contributed by atoms with van der Waals surface area (Å²) in [5, 5.41) is 4.28. The van der Waals surface area contributed by atoms with Gasteiger partial charge in [0.05, 0.1) is 5.69 Å². The van der Waals surface area contributed by atoms with Crippen molar-refractivity contribution in [1.82, 2.24) is 9.78 Å². The third kappa shape index (κ3) is 2.96. The van der Waals surface area contributed by atoms with Crippen LogP contribution in [0.1, 0.15) is 11.3 Å². The van der Waals surface area contributed by atoms with E-state index >= 15 is 0 Å². The minimum Gasteiger partial charge on any atom is -0.436 e. The van der Waals surface area contributed by atoms with Crippen LogP contribution in [-0.2, 0) is 13.5 Å². The van der Waals surface area contributed by atoms with Gasteiger partial charge in [-0.2, -0.15) is 5.10 Å². The summed E-state index contributed by atoms with van der Waals surface area (Å²) in [4.78, 5) is 0. The van der Waals surface area contributed by atoms with Crippen LogP contribution in [0.5, 0.6) is 11.6 Å². The topological polar surface area (TPSA) is 53.1 Å². The summed E-state index contributed by atoms with van der Waals surface area (Å²) in [6.07, 6.45) is 0.646. The summed E-state index contributed by atoms with van der Waals surface area (Å²) in [6, 6.07) is 4.67. The van der Waals surface area contributed by atoms with Gasteiger partial charge in [-0.3, -0.25) is 0 Å². The first kappa shape index (κ1) is 14.0. The molecule has 2 rings (SSSR count). The molecular weight excluding hydrogens is 313 g/mol. The van der Waals surface area contributed by atoms with Crippen molar-refractivity contribution >= 4 is 15.9 Å². The Balaban J connectivity index is 2.37. The van der Waals surface area contributed by atoms with Gasteiger partial charge in [0.2, 0.25) is 5.88 Å². The normalized spacial score (nSPS) is 10.8. The third-order valence-electron chi connectivity index (χ3n) is 2.78. The maximum atomic E-state index is 13.8. The Hall–Kier alpha value is -1.40. The van der Waals surface area contributed by atoms with Crippen molar-refractivity contribution < 1.29 is 9.13 Å². The number of benzene rings is 1. The fraction of sp³-hybridized carbons (Fsp3) is 0.308. The van der Waals surface area contributed by atoms with Gasteiger partial charge in [-0.1, -0.05) is 15.9 Å². The first-order chi connectivity index (χ1) is 9.02. The monoisotopic (exact) mass is 327 g/mol. The van der Waals surface area contributed by atoms with E-state index in [9.17, 15) is 4.39 Å². The summed E-state index contributed by atoms with van der Waals surface area (Å²) < 4.78 is 21.7. The highest BCUT2D eigenvalue weighted by atomic mass is 79.9. The van der Waals surface area contributed by atoms with Gasteiger partial charge < -0.3 is 10.5 Å². The van der Waals surface area contributed by atoms with Gasteiger partial charge in [-0.25, -0.2) is 9.07 Å². The molecule has 0 spiro atoms. The first-order valence-electron chi connectivity index (χ1n) is 5.88. The minimum absolute atomic E-state index is 0.171. The molecule has 19 heavy (non-hydrogen) atoms. The molecule has 0 unspecified atom stereocenters. The molecule has 4 nitrogen and oxygen atoms in total. The zero-order valence-electron chi connectivity index (χ0n) is 10.8. The Morgan fingerprint density at radius 1 is 1.47 bits per heavy atom. The summed E-state index contributed by atoms with van der Waals surface area (Å²) in [6.45, 7) is 2.38. The fourth-order valence-electron chi connectivity index (χ4n) is 1.90. The number of halogens is 2. The zero-order chi connectivity index (χ0) is 14.0. The molecule has 0 saturated heterocycles. The molecule has 0 aliphatic carbocycles. The van der Waals surface area contributed by atoms with Gasteiger partial charge >= 0.3 is 0 Å². The van der Waals surface area contributed by atoms with Crippen molar-refractivity contribution in [2.75, 3.05) is 6.54 Å². The zero-order valence-corrected chi connectivity index (χ0v) is 12.4. The largest absolute Gasteiger partial charge is 0.436 e. The average molecular weight is 328 g/mol. The summed E-state index contributed by atoms with van der Waals surface area (Å²) in [5.74, 6) is 0.278. The average Bonchev–Trinajstić information content (AvgIpc) is 2.60. The number of hydrogen-bond donors (Lipinski definition) is 1. The van der Waals surface area contributed by atoms with Crippen LogP contribution < -0.4 is 10.5 Å². The number of nitrogens with two attached hydrogens (primary N) is 1. The summed E-state index contributed by atoms with van der Waals surface area (Å²) >= 11 is 3.21. The smallest absolute Gasteiger partial charge is 0.221 e. The molecule has 0 aliphatic rings. The van der Waals surface area contributed by atoms with E-state index in [1.807, 2.05) is 6.92 Å². The highest BCUT2D eigenvalue weighted by Gasteiger charge is 2.16. The Morgan fingerprint density at radius 2 is 2.21 bits per heavy atom. The van der Waals surface area contributed by atoms with Gasteiger partial charge in [-0.15, -0.1) is 0 Å². The van der Waals surface area contributed by atoms with Gasteiger partial charge in [0.25, 0.3) is 0 Å². The van der Waals surface area contributed by atoms with Gasteiger partial charge in [0, 0.05) is 17.1 Å². The van der Waals surface area contributed by atoms with E-state index in [-0.39, 0.29) is 5.75 Å². The van der Waals surface area contributed by atoms with Crippen molar-refractivity contribution in [3.63, 3.8) is 0 Å². The number of aryl methyl sites for hydroxylation is 2. The molecule has 0 fully saturated rings. The van der Waals surface area contributed by atoms with Gasteiger partial charge in [0.1, 0.15) is 0 Å². The van der Waals surface area contributed by atoms with Crippen LogP contribution >= 0.6 is 15.9 Å². The predicted octanol–water partition coefficient (Wildman–Crippen LogP) is 2.92. The number of ether oxygens (including phenoxy) is 1. The molecule has 102 valence electrons. The Labute approximate surface area is 119 Å². The fourth-order valence-corrected chi connectivity index (χ4v) is 2.24. The van der Waals surface area contributed by atoms with E-state index in [2.05, 4.69) is 21.0 Å². The van der Waals surface area contributed by atoms with Gasteiger partial charge in [0.15, 0.2) is 11.6 Å². The summed E-state index contributed by atoms with van der Waals surface area (Å²) in [5.41, 5.74) is 7.34. The van der Waals surface area contributed by atoms with Crippen molar-refractivity contribution in [1.29, 1.82) is 0 Å². The van der Waals surface area contributed by atoms with Crippen molar-refractivity contribution in [2.24, 2.45) is 12.8 Å². The maximum absolute atomic E-state index is 13.8. The van der Waals surface area contributed by atoms with Crippen molar-refractivity contribution in [2.45, 2.75) is 13.3 Å². The molecule has 0 amide bonds. The molecule has 0 aliphatic heterocycles. The number of hydrogen-bond acceptors (Lipinski definition) is 3. The molecule has 2 N–H and O–H groups in total. The van der Waals surface area contributed by atoms with Crippen LogP contribution in [0.4, 0.5) is 4.39 Å². The van der Waals surface area contributed by atoms with E-state index in [1.54, 1.807) is 23.9 Å². The van der Waals surface area contributed by atoms with Crippen LogP contribution in [0.25, 0.3) is 0 Å². The third-order valence-corrected chi connectivity index (χ3v) is 3.28. The molecule has 0 bridgehead atoms. The predicted molar refractivity (Wildman–Crippen MR) is 74.9 cm³/mol. The highest BCUT2D eigenvalue weighted by Crippen LogP contribution is 2.30. The second kappa shape index (κ2) is 5.71. The quantitative estimate of drug-likeness (QED) is 0.939. The number of rotatable bonds is 4. The number of nitrogens with zero attached hydrogens (tertiary/aromatic N) is 2. The van der Waals surface area contributed by atoms with Crippen molar-refractivity contribution in [3.05, 3.63) is 39.7 Å². The summed E-state index contributed by atoms with van der Waals surface area (Å²) in [7, 11) is 1.76. The molecule has 1 aromatic heterocycles. The molecule has 0 atom stereocenters. The van der Waals surface area contributed by atoms with E-state index in [1.165, 1.54) is 6.07 Å². The molecule has 0 saturated carbocycles. The Kier molecular flexibility index (Phi) is 4.21. The second-order valence-electron chi connectivity index (χ2n) is 4.21. The lowest BCUT2D eigenvalue weighted by molar-refractivity contribution is 0.399. The van der Waals surface area contributed by atoms with Crippen LogP contribution in [0.3, 0.4) is 0 Å². The lowest BCUT2D eigenvalue weighted by Crippen LogP contribution is -2.05. The minimum atomic E-state index is -0.424. The van der Waals surface area contributed by atoms with Gasteiger partial charge in [-0.05, 0) is 38.1 Å². The number of aromatic nitrogens is 2. The first-order valence-corrected chi connectivity index (χ1v) is 6.67. The second-order valence-corrected chi connectivity index (χ2v) is 5.12. The molecule has 0 radical (unpaired) electrons. The lowest BCUT2D eigenvalue weighted by Gasteiger charge is -2.09. The van der Waals surface area contributed by atoms with Crippen LogP contribution in [0.2, 0.25) is 0 Å². The molecule has 6 heteroatoms. The molecule has 1 aromatic carbocycles. The van der Waals surface area contributed by atoms with E-state index in [0.717, 1.165) is 11.3 Å².